The molecule has 0 bridgehead atoms. The number of piperazine rings is 1. The summed E-state index contributed by atoms with van der Waals surface area (Å²) >= 11 is 1.71. The van der Waals surface area contributed by atoms with Gasteiger partial charge in [0.1, 0.15) is 0 Å². The maximum absolute atomic E-state index is 13.0. The predicted molar refractivity (Wildman–Crippen MR) is 116 cm³/mol. The van der Waals surface area contributed by atoms with E-state index in [4.69, 9.17) is 0 Å². The summed E-state index contributed by atoms with van der Waals surface area (Å²) in [5.74, 6) is 1.91. The van der Waals surface area contributed by atoms with Gasteiger partial charge < -0.3 is 9.80 Å². The lowest BCUT2D eigenvalue weighted by Gasteiger charge is -2.35. The van der Waals surface area contributed by atoms with Gasteiger partial charge in [-0.15, -0.1) is 22.0 Å². The van der Waals surface area contributed by atoms with Gasteiger partial charge in [-0.1, -0.05) is 19.1 Å². The van der Waals surface area contributed by atoms with E-state index in [9.17, 15) is 4.79 Å². The summed E-state index contributed by atoms with van der Waals surface area (Å²) in [7, 11) is 0. The smallest absolute Gasteiger partial charge is 0.255 e. The molecule has 2 aromatic heterocycles. The van der Waals surface area contributed by atoms with Crippen molar-refractivity contribution < 1.29 is 4.79 Å². The minimum Gasteiger partial charge on any atom is -0.352 e. The van der Waals surface area contributed by atoms with Crippen molar-refractivity contribution in [3.63, 3.8) is 0 Å². The number of anilines is 1. The number of thioether (sulfide) groups is 1. The van der Waals surface area contributed by atoms with Crippen LogP contribution in [0, 0.1) is 0 Å². The number of carbonyl (C=O) groups is 1. The van der Waals surface area contributed by atoms with Crippen LogP contribution in [0.15, 0.2) is 65.8 Å². The Balaban J connectivity index is 1.40. The number of aromatic nitrogens is 3. The predicted octanol–water partition coefficient (Wildman–Crippen LogP) is 3.61. The Morgan fingerprint density at radius 3 is 2.41 bits per heavy atom. The molecule has 1 saturated heterocycles. The fourth-order valence-corrected chi connectivity index (χ4v) is 4.20. The molecule has 1 aliphatic heterocycles. The minimum absolute atomic E-state index is 0.111. The molecule has 0 aliphatic carbocycles. The lowest BCUT2D eigenvalue weighted by atomic mass is 10.1. The van der Waals surface area contributed by atoms with Gasteiger partial charge in [-0.05, 0) is 42.2 Å². The third-order valence-corrected chi connectivity index (χ3v) is 5.89. The van der Waals surface area contributed by atoms with Crippen LogP contribution in [0.5, 0.6) is 0 Å². The Labute approximate surface area is 175 Å². The van der Waals surface area contributed by atoms with E-state index in [2.05, 4.69) is 27.0 Å². The molecule has 0 radical (unpaired) electrons. The van der Waals surface area contributed by atoms with E-state index in [1.165, 1.54) is 0 Å². The van der Waals surface area contributed by atoms with Gasteiger partial charge in [0.2, 0.25) is 0 Å². The lowest BCUT2D eigenvalue weighted by molar-refractivity contribution is 0.0743. The summed E-state index contributed by atoms with van der Waals surface area (Å²) < 4.78 is 0. The van der Waals surface area contributed by atoms with E-state index >= 15 is 0 Å². The van der Waals surface area contributed by atoms with Crippen molar-refractivity contribution in [3.8, 4) is 11.3 Å². The highest BCUT2D eigenvalue weighted by Gasteiger charge is 2.24. The molecule has 3 aromatic rings. The van der Waals surface area contributed by atoms with Crippen molar-refractivity contribution >= 4 is 23.5 Å². The molecule has 0 saturated carbocycles. The molecule has 4 rings (SSSR count). The van der Waals surface area contributed by atoms with Gasteiger partial charge in [-0.2, -0.15) is 0 Å². The largest absolute Gasteiger partial charge is 0.352 e. The van der Waals surface area contributed by atoms with Crippen LogP contribution in [0.3, 0.4) is 0 Å². The first-order valence-electron chi connectivity index (χ1n) is 9.76. The summed E-state index contributed by atoms with van der Waals surface area (Å²) in [6.07, 6.45) is 3.50. The monoisotopic (exact) mass is 405 g/mol. The molecule has 1 aromatic carbocycles. The topological polar surface area (TPSA) is 62.2 Å². The van der Waals surface area contributed by atoms with Gasteiger partial charge in [0.25, 0.3) is 5.91 Å². The van der Waals surface area contributed by atoms with Crippen LogP contribution in [0.4, 0.5) is 5.82 Å². The van der Waals surface area contributed by atoms with Crippen LogP contribution in [0.2, 0.25) is 0 Å². The number of amides is 1. The van der Waals surface area contributed by atoms with Crippen molar-refractivity contribution in [2.24, 2.45) is 0 Å². The fraction of sp³-hybridized carbons (Fsp3) is 0.273. The highest BCUT2D eigenvalue weighted by molar-refractivity contribution is 7.99. The van der Waals surface area contributed by atoms with Crippen LogP contribution in [-0.4, -0.2) is 57.9 Å². The molecule has 29 heavy (non-hydrogen) atoms. The number of benzene rings is 1. The highest BCUT2D eigenvalue weighted by atomic mass is 32.2. The molecular weight excluding hydrogens is 382 g/mol. The summed E-state index contributed by atoms with van der Waals surface area (Å²) in [4.78, 5) is 22.2. The minimum atomic E-state index is 0.111. The van der Waals surface area contributed by atoms with E-state index in [1.54, 1.807) is 24.2 Å². The van der Waals surface area contributed by atoms with E-state index in [0.717, 1.165) is 46.4 Å². The van der Waals surface area contributed by atoms with E-state index in [1.807, 2.05) is 53.4 Å². The summed E-state index contributed by atoms with van der Waals surface area (Å²) in [5.41, 5.74) is 2.63. The molecular formula is C22H23N5OS. The second kappa shape index (κ2) is 9.05. The van der Waals surface area contributed by atoms with Crippen LogP contribution >= 0.6 is 11.8 Å². The third kappa shape index (κ3) is 4.40. The Kier molecular flexibility index (Phi) is 6.05. The first-order valence-corrected chi connectivity index (χ1v) is 10.7. The number of hydrogen-bond acceptors (Lipinski definition) is 6. The first kappa shape index (κ1) is 19.4. The normalized spacial score (nSPS) is 14.1. The molecule has 0 atom stereocenters. The van der Waals surface area contributed by atoms with Crippen molar-refractivity contribution in [2.75, 3.05) is 36.8 Å². The third-order valence-electron chi connectivity index (χ3n) is 4.93. The van der Waals surface area contributed by atoms with Gasteiger partial charge in [-0.25, -0.2) is 0 Å². The van der Waals surface area contributed by atoms with Crippen molar-refractivity contribution in [2.45, 2.75) is 11.8 Å². The highest BCUT2D eigenvalue weighted by Crippen LogP contribution is 2.24. The number of rotatable bonds is 5. The van der Waals surface area contributed by atoms with Gasteiger partial charge in [0.05, 0.1) is 11.3 Å². The zero-order chi connectivity index (χ0) is 20.1. The maximum Gasteiger partial charge on any atom is 0.255 e. The Bertz CT molecular complexity index is 956. The zero-order valence-electron chi connectivity index (χ0n) is 16.4. The standard InChI is InChI=1S/C22H23N5OS/c1-2-29-20-6-4-3-5-18(20)22(28)27-15-13-26(14-16-27)21-8-7-19(24-25-21)17-9-11-23-12-10-17/h3-12H,2,13-16H2,1H3. The summed E-state index contributed by atoms with van der Waals surface area (Å²) in [6.45, 7) is 4.96. The zero-order valence-corrected chi connectivity index (χ0v) is 17.2. The average Bonchev–Trinajstić information content (AvgIpc) is 2.80. The second-order valence-corrected chi connectivity index (χ2v) is 8.03. The van der Waals surface area contributed by atoms with Crippen molar-refractivity contribution in [1.29, 1.82) is 0 Å². The quantitative estimate of drug-likeness (QED) is 0.604. The molecule has 7 heteroatoms. The number of pyridine rings is 1. The lowest BCUT2D eigenvalue weighted by Crippen LogP contribution is -2.49. The Morgan fingerprint density at radius 1 is 0.966 bits per heavy atom. The van der Waals surface area contributed by atoms with Crippen LogP contribution in [-0.2, 0) is 0 Å². The van der Waals surface area contributed by atoms with E-state index < -0.39 is 0 Å². The van der Waals surface area contributed by atoms with Gasteiger partial charge in [0.15, 0.2) is 5.82 Å². The molecule has 0 unspecified atom stereocenters. The molecule has 1 fully saturated rings. The first-order chi connectivity index (χ1) is 14.3. The van der Waals surface area contributed by atoms with E-state index in [-0.39, 0.29) is 5.91 Å². The SMILES string of the molecule is CCSc1ccccc1C(=O)N1CCN(c2ccc(-c3ccncc3)nn2)CC1. The molecule has 1 aliphatic rings. The number of nitrogens with zero attached hydrogens (tertiary/aromatic N) is 5. The van der Waals surface area contributed by atoms with Crippen LogP contribution < -0.4 is 4.90 Å². The fourth-order valence-electron chi connectivity index (χ4n) is 3.40. The molecule has 6 nitrogen and oxygen atoms in total. The van der Waals surface area contributed by atoms with E-state index in [0.29, 0.717) is 13.1 Å². The molecule has 0 spiro atoms. The molecule has 1 amide bonds. The summed E-state index contributed by atoms with van der Waals surface area (Å²) in [6, 6.07) is 15.7. The van der Waals surface area contributed by atoms with Gasteiger partial charge in [0, 0.05) is 49.0 Å². The molecule has 148 valence electrons. The maximum atomic E-state index is 13.0. The van der Waals surface area contributed by atoms with Crippen LogP contribution in [0.1, 0.15) is 17.3 Å². The van der Waals surface area contributed by atoms with Crippen LogP contribution in [0.25, 0.3) is 11.3 Å². The second-order valence-electron chi connectivity index (χ2n) is 6.72. The average molecular weight is 406 g/mol. The van der Waals surface area contributed by atoms with Crippen molar-refractivity contribution in [1.82, 2.24) is 20.1 Å². The summed E-state index contributed by atoms with van der Waals surface area (Å²) in [5, 5.41) is 8.75. The molecule has 0 N–H and O–H groups in total. The van der Waals surface area contributed by atoms with Gasteiger partial charge >= 0.3 is 0 Å². The van der Waals surface area contributed by atoms with Gasteiger partial charge in [-0.3, -0.25) is 9.78 Å². The molecule has 3 heterocycles. The van der Waals surface area contributed by atoms with Crippen molar-refractivity contribution in [3.05, 3.63) is 66.5 Å². The Morgan fingerprint density at radius 2 is 1.72 bits per heavy atom. The number of hydrogen-bond donors (Lipinski definition) is 0. The number of carbonyl (C=O) groups excluding carboxylic acids is 1. The Hall–Kier alpha value is -2.93.